The molecule has 1 aliphatic heterocycles. The summed E-state index contributed by atoms with van der Waals surface area (Å²) in [5, 5.41) is 7.52. The second kappa shape index (κ2) is 6.06. The highest BCUT2D eigenvalue weighted by Gasteiger charge is 2.34. The smallest absolute Gasteiger partial charge is 0.238 e. The summed E-state index contributed by atoms with van der Waals surface area (Å²) < 4.78 is 0. The third-order valence-electron chi connectivity index (χ3n) is 4.06. The van der Waals surface area contributed by atoms with E-state index in [1.807, 2.05) is 4.90 Å². The molecule has 1 fully saturated rings. The van der Waals surface area contributed by atoms with Gasteiger partial charge in [-0.2, -0.15) is 11.3 Å². The van der Waals surface area contributed by atoms with Gasteiger partial charge in [0.05, 0.1) is 6.54 Å². The minimum Gasteiger partial charge on any atom is -0.321 e. The molecule has 1 saturated heterocycles. The summed E-state index contributed by atoms with van der Waals surface area (Å²) in [7, 11) is 0. The lowest BCUT2D eigenvalue weighted by molar-refractivity contribution is -0.129. The molecule has 4 heteroatoms. The average Bonchev–Trinajstić information content (AvgIpc) is 2.94. The molecule has 1 aromatic heterocycles. The lowest BCUT2D eigenvalue weighted by Crippen LogP contribution is -2.37. The van der Waals surface area contributed by atoms with Gasteiger partial charge in [-0.25, -0.2) is 0 Å². The molecule has 0 bridgehead atoms. The highest BCUT2D eigenvalue weighted by molar-refractivity contribution is 7.07. The Hall–Kier alpha value is -0.870. The van der Waals surface area contributed by atoms with Crippen LogP contribution in [0, 0.1) is 17.8 Å². The van der Waals surface area contributed by atoms with Crippen molar-refractivity contribution in [1.29, 1.82) is 0 Å². The summed E-state index contributed by atoms with van der Waals surface area (Å²) in [5.41, 5.74) is 1.21. The van der Waals surface area contributed by atoms with Crippen LogP contribution in [0.15, 0.2) is 16.8 Å². The molecule has 0 spiro atoms. The number of hydrogen-bond acceptors (Lipinski definition) is 3. The SMILES string of the molecule is CC(C)C(CN1C(=O)CNC1c1ccsc1)C(C)C. The molecule has 106 valence electrons. The van der Waals surface area contributed by atoms with E-state index in [0.29, 0.717) is 24.3 Å². The van der Waals surface area contributed by atoms with E-state index in [-0.39, 0.29) is 12.1 Å². The maximum Gasteiger partial charge on any atom is 0.238 e. The lowest BCUT2D eigenvalue weighted by Gasteiger charge is -2.32. The molecule has 19 heavy (non-hydrogen) atoms. The van der Waals surface area contributed by atoms with E-state index in [0.717, 1.165) is 6.54 Å². The molecule has 0 aromatic carbocycles. The van der Waals surface area contributed by atoms with E-state index >= 15 is 0 Å². The second-order valence-corrected chi connectivity index (χ2v) is 6.82. The largest absolute Gasteiger partial charge is 0.321 e. The van der Waals surface area contributed by atoms with Crippen LogP contribution in [-0.4, -0.2) is 23.9 Å². The Kier molecular flexibility index (Phi) is 4.63. The third kappa shape index (κ3) is 3.18. The van der Waals surface area contributed by atoms with Crippen LogP contribution < -0.4 is 5.32 Å². The Morgan fingerprint density at radius 3 is 2.58 bits per heavy atom. The minimum atomic E-state index is 0.0683. The first-order valence-corrected chi connectivity index (χ1v) is 8.00. The lowest BCUT2D eigenvalue weighted by atomic mass is 9.85. The Labute approximate surface area is 120 Å². The average molecular weight is 280 g/mol. The summed E-state index contributed by atoms with van der Waals surface area (Å²) in [6.07, 6.45) is 0.0683. The summed E-state index contributed by atoms with van der Waals surface area (Å²) >= 11 is 1.68. The topological polar surface area (TPSA) is 32.3 Å². The number of carbonyl (C=O) groups excluding carboxylic acids is 1. The molecule has 2 heterocycles. The van der Waals surface area contributed by atoms with Crippen LogP contribution in [0.3, 0.4) is 0 Å². The van der Waals surface area contributed by atoms with Gasteiger partial charge in [-0.05, 0) is 40.1 Å². The fraction of sp³-hybridized carbons (Fsp3) is 0.667. The van der Waals surface area contributed by atoms with Crippen molar-refractivity contribution >= 4 is 17.2 Å². The molecule has 3 nitrogen and oxygen atoms in total. The van der Waals surface area contributed by atoms with Crippen molar-refractivity contribution in [2.75, 3.05) is 13.1 Å². The van der Waals surface area contributed by atoms with Gasteiger partial charge in [0.2, 0.25) is 5.91 Å². The van der Waals surface area contributed by atoms with E-state index in [1.54, 1.807) is 11.3 Å². The van der Waals surface area contributed by atoms with Crippen LogP contribution in [0.2, 0.25) is 0 Å². The van der Waals surface area contributed by atoms with Crippen molar-refractivity contribution < 1.29 is 4.79 Å². The zero-order chi connectivity index (χ0) is 14.0. The summed E-state index contributed by atoms with van der Waals surface area (Å²) in [6, 6.07) is 2.10. The molecule has 0 radical (unpaired) electrons. The fourth-order valence-electron chi connectivity index (χ4n) is 2.89. The molecule has 0 aliphatic carbocycles. The van der Waals surface area contributed by atoms with Crippen molar-refractivity contribution in [2.45, 2.75) is 33.9 Å². The predicted octanol–water partition coefficient (Wildman–Crippen LogP) is 3.11. The van der Waals surface area contributed by atoms with Crippen LogP contribution in [-0.2, 0) is 4.79 Å². The first-order chi connectivity index (χ1) is 9.00. The van der Waals surface area contributed by atoms with Crippen LogP contribution in [0.25, 0.3) is 0 Å². The Bertz CT molecular complexity index is 406. The van der Waals surface area contributed by atoms with Crippen molar-refractivity contribution in [3.8, 4) is 0 Å². The Morgan fingerprint density at radius 1 is 1.37 bits per heavy atom. The van der Waals surface area contributed by atoms with Gasteiger partial charge in [0.15, 0.2) is 0 Å². The number of nitrogens with one attached hydrogen (secondary N) is 1. The van der Waals surface area contributed by atoms with E-state index in [2.05, 4.69) is 49.8 Å². The standard InChI is InChI=1S/C15H24N2OS/c1-10(2)13(11(3)4)8-17-14(18)7-16-15(17)12-5-6-19-9-12/h5-6,9-11,13,15-16H,7-8H2,1-4H3. The number of nitrogens with zero attached hydrogens (tertiary/aromatic N) is 1. The first-order valence-electron chi connectivity index (χ1n) is 7.05. The molecule has 1 N–H and O–H groups in total. The summed E-state index contributed by atoms with van der Waals surface area (Å²) in [6.45, 7) is 10.3. The number of amides is 1. The Morgan fingerprint density at radius 2 is 2.05 bits per heavy atom. The van der Waals surface area contributed by atoms with Gasteiger partial charge in [-0.3, -0.25) is 10.1 Å². The fourth-order valence-corrected chi connectivity index (χ4v) is 3.57. The second-order valence-electron chi connectivity index (χ2n) is 6.04. The molecule has 1 aromatic rings. The number of hydrogen-bond donors (Lipinski definition) is 1. The predicted molar refractivity (Wildman–Crippen MR) is 79.9 cm³/mol. The van der Waals surface area contributed by atoms with Gasteiger partial charge >= 0.3 is 0 Å². The van der Waals surface area contributed by atoms with Gasteiger partial charge in [0.25, 0.3) is 0 Å². The monoisotopic (exact) mass is 280 g/mol. The third-order valence-corrected chi connectivity index (χ3v) is 4.76. The van der Waals surface area contributed by atoms with Crippen LogP contribution in [0.1, 0.15) is 39.4 Å². The maximum absolute atomic E-state index is 12.1. The van der Waals surface area contributed by atoms with Crippen molar-refractivity contribution in [3.63, 3.8) is 0 Å². The van der Waals surface area contributed by atoms with Crippen molar-refractivity contribution in [2.24, 2.45) is 17.8 Å². The number of carbonyl (C=O) groups is 1. The summed E-state index contributed by atoms with van der Waals surface area (Å²) in [4.78, 5) is 14.1. The van der Waals surface area contributed by atoms with Gasteiger partial charge < -0.3 is 4.90 Å². The van der Waals surface area contributed by atoms with Gasteiger partial charge in [-0.1, -0.05) is 27.7 Å². The molecule has 1 aliphatic rings. The van der Waals surface area contributed by atoms with Crippen molar-refractivity contribution in [3.05, 3.63) is 22.4 Å². The molecular formula is C15H24N2OS. The number of rotatable bonds is 5. The summed E-state index contributed by atoms with van der Waals surface area (Å²) in [5.74, 6) is 1.96. The van der Waals surface area contributed by atoms with Crippen molar-refractivity contribution in [1.82, 2.24) is 10.2 Å². The molecule has 1 unspecified atom stereocenters. The quantitative estimate of drug-likeness (QED) is 0.899. The van der Waals surface area contributed by atoms with Gasteiger partial charge in [0, 0.05) is 6.54 Å². The van der Waals surface area contributed by atoms with Crippen LogP contribution in [0.5, 0.6) is 0 Å². The number of thiophene rings is 1. The normalized spacial score (nSPS) is 20.3. The van der Waals surface area contributed by atoms with Gasteiger partial charge in [0.1, 0.15) is 6.17 Å². The van der Waals surface area contributed by atoms with Gasteiger partial charge in [-0.15, -0.1) is 0 Å². The molecule has 1 amide bonds. The van der Waals surface area contributed by atoms with Crippen LogP contribution >= 0.6 is 11.3 Å². The first kappa shape index (κ1) is 14.5. The van der Waals surface area contributed by atoms with E-state index < -0.39 is 0 Å². The molecule has 0 saturated carbocycles. The van der Waals surface area contributed by atoms with E-state index in [9.17, 15) is 4.79 Å². The zero-order valence-electron chi connectivity index (χ0n) is 12.2. The van der Waals surface area contributed by atoms with E-state index in [1.165, 1.54) is 5.56 Å². The highest BCUT2D eigenvalue weighted by Crippen LogP contribution is 2.29. The molecule has 2 rings (SSSR count). The Balaban J connectivity index is 2.13. The maximum atomic E-state index is 12.1. The minimum absolute atomic E-state index is 0.0683. The van der Waals surface area contributed by atoms with E-state index in [4.69, 9.17) is 0 Å². The molecular weight excluding hydrogens is 256 g/mol. The highest BCUT2D eigenvalue weighted by atomic mass is 32.1. The molecule has 1 atom stereocenters. The zero-order valence-corrected chi connectivity index (χ0v) is 13.0. The van der Waals surface area contributed by atoms with Crippen LogP contribution in [0.4, 0.5) is 0 Å².